The molecule has 0 saturated carbocycles. The Balaban J connectivity index is 1.77. The van der Waals surface area contributed by atoms with Gasteiger partial charge in [0.2, 0.25) is 17.7 Å². The molecule has 2 atom stereocenters. The lowest BCUT2D eigenvalue weighted by molar-refractivity contribution is -0.147. The van der Waals surface area contributed by atoms with E-state index in [2.05, 4.69) is 15.6 Å². The van der Waals surface area contributed by atoms with Gasteiger partial charge in [-0.1, -0.05) is 55.8 Å². The molecule has 2 aromatic carbocycles. The lowest BCUT2D eigenvalue weighted by Gasteiger charge is -2.34. The highest BCUT2D eigenvalue weighted by Gasteiger charge is 2.33. The number of thiazole rings is 1. The Hall–Kier alpha value is -3.41. The first-order chi connectivity index (χ1) is 21.0. The highest BCUT2D eigenvalue weighted by atomic mass is 35.5. The van der Waals surface area contributed by atoms with Crippen molar-refractivity contribution in [3.05, 3.63) is 80.8 Å². The summed E-state index contributed by atoms with van der Waals surface area (Å²) >= 11 is 9.05. The summed E-state index contributed by atoms with van der Waals surface area (Å²) in [7, 11) is 1.62. The zero-order chi connectivity index (χ0) is 31.8. The van der Waals surface area contributed by atoms with E-state index in [4.69, 9.17) is 11.6 Å². The number of fused-ring (bicyclic) bond motifs is 3. The molecule has 12 heteroatoms. The fourth-order valence-corrected chi connectivity index (χ4v) is 6.49. The van der Waals surface area contributed by atoms with Crippen LogP contribution < -0.4 is 10.6 Å². The molecule has 1 aliphatic rings. The number of rotatable bonds is 7. The number of likely N-dealkylation sites (N-methyl/N-ethyl adjacent to an activating group) is 1. The average molecular weight is 656 g/mol. The molecule has 0 aliphatic carbocycles. The number of benzene rings is 2. The summed E-state index contributed by atoms with van der Waals surface area (Å²) in [5.74, 6) is -0.491. The van der Waals surface area contributed by atoms with E-state index in [-0.39, 0.29) is 48.8 Å². The summed E-state index contributed by atoms with van der Waals surface area (Å²) in [5, 5.41) is 8.81. The number of anilines is 1. The number of nitrogens with zero attached hydrogens (tertiary/aromatic N) is 3. The number of aromatic nitrogens is 1. The summed E-state index contributed by atoms with van der Waals surface area (Å²) in [6, 6.07) is 13.0. The molecule has 2 N–H and O–H groups in total. The van der Waals surface area contributed by atoms with Crippen molar-refractivity contribution < 1.29 is 19.2 Å². The van der Waals surface area contributed by atoms with Gasteiger partial charge in [0.15, 0.2) is 0 Å². The van der Waals surface area contributed by atoms with Gasteiger partial charge in [-0.2, -0.15) is 11.8 Å². The zero-order valence-electron chi connectivity index (χ0n) is 25.3. The Kier molecular flexibility index (Phi) is 11.8. The molecule has 4 amide bonds. The molecule has 9 nitrogen and oxygen atoms in total. The maximum absolute atomic E-state index is 14.3. The summed E-state index contributed by atoms with van der Waals surface area (Å²) in [5.41, 5.74) is 2.16. The van der Waals surface area contributed by atoms with Gasteiger partial charge in [0, 0.05) is 29.7 Å². The molecular weight excluding hydrogens is 618 g/mol. The van der Waals surface area contributed by atoms with Crippen LogP contribution in [0.1, 0.15) is 59.4 Å². The largest absolute Gasteiger partial charge is 0.345 e. The Bertz CT molecular complexity index is 1480. The van der Waals surface area contributed by atoms with Crippen LogP contribution in [0.5, 0.6) is 0 Å². The topological polar surface area (TPSA) is 112 Å². The average Bonchev–Trinajstić information content (AvgIpc) is 3.49. The van der Waals surface area contributed by atoms with E-state index < -0.39 is 18.0 Å². The Morgan fingerprint density at radius 1 is 1.09 bits per heavy atom. The van der Waals surface area contributed by atoms with Crippen molar-refractivity contribution >= 4 is 64.0 Å². The van der Waals surface area contributed by atoms with Crippen LogP contribution in [-0.4, -0.2) is 70.1 Å². The maximum Gasteiger partial charge on any atom is 0.275 e. The van der Waals surface area contributed by atoms with Crippen molar-refractivity contribution in [3.63, 3.8) is 0 Å². The molecule has 0 saturated heterocycles. The van der Waals surface area contributed by atoms with E-state index in [1.165, 1.54) is 21.1 Å². The van der Waals surface area contributed by atoms with Gasteiger partial charge in [-0.3, -0.25) is 19.2 Å². The summed E-state index contributed by atoms with van der Waals surface area (Å²) in [6.45, 7) is 3.94. The van der Waals surface area contributed by atoms with E-state index in [0.29, 0.717) is 34.1 Å². The third-order valence-corrected chi connectivity index (χ3v) is 9.23. The number of halogens is 1. The van der Waals surface area contributed by atoms with Crippen molar-refractivity contribution in [1.29, 1.82) is 0 Å². The van der Waals surface area contributed by atoms with E-state index >= 15 is 0 Å². The first-order valence-corrected chi connectivity index (χ1v) is 17.1. The van der Waals surface area contributed by atoms with Crippen molar-refractivity contribution in [1.82, 2.24) is 20.1 Å². The third kappa shape index (κ3) is 8.83. The minimum absolute atomic E-state index is 0.0222. The highest BCUT2D eigenvalue weighted by molar-refractivity contribution is 7.98. The molecule has 3 aromatic rings. The monoisotopic (exact) mass is 655 g/mol. The van der Waals surface area contributed by atoms with Gasteiger partial charge in [0.05, 0.1) is 19.0 Å². The van der Waals surface area contributed by atoms with Crippen LogP contribution >= 0.6 is 34.7 Å². The SMILES string of the molecule is CSCC[C@H]1NC(=O)CN(Cc2ccc(Cl)cc2)C(=O)[C@H](CC(C)C)N(C)C(=O)Cc2ccccc2NC(=O)c2csc1n2. The minimum atomic E-state index is -0.798. The van der Waals surface area contributed by atoms with E-state index in [1.807, 2.05) is 32.2 Å². The molecule has 1 aromatic heterocycles. The van der Waals surface area contributed by atoms with Crippen LogP contribution in [0, 0.1) is 5.92 Å². The number of carbonyl (C=O) groups is 4. The van der Waals surface area contributed by atoms with E-state index in [9.17, 15) is 19.2 Å². The summed E-state index contributed by atoms with van der Waals surface area (Å²) in [6.07, 6.45) is 2.97. The number of nitrogens with one attached hydrogen (secondary N) is 2. The van der Waals surface area contributed by atoms with Crippen LogP contribution in [0.3, 0.4) is 0 Å². The fourth-order valence-electron chi connectivity index (χ4n) is 5.01. The van der Waals surface area contributed by atoms with Crippen molar-refractivity contribution in [2.75, 3.05) is 30.9 Å². The smallest absolute Gasteiger partial charge is 0.275 e. The zero-order valence-corrected chi connectivity index (χ0v) is 27.7. The van der Waals surface area contributed by atoms with Gasteiger partial charge in [0.25, 0.3) is 5.91 Å². The number of carbonyl (C=O) groups excluding carboxylic acids is 4. The highest BCUT2D eigenvalue weighted by Crippen LogP contribution is 2.25. The lowest BCUT2D eigenvalue weighted by atomic mass is 9.99. The molecule has 0 radical (unpaired) electrons. The number of para-hydroxylation sites is 1. The maximum atomic E-state index is 14.3. The van der Waals surface area contributed by atoms with Crippen LogP contribution in [0.2, 0.25) is 5.02 Å². The molecular formula is C32H38ClN5O4S2. The van der Waals surface area contributed by atoms with Gasteiger partial charge in [-0.15, -0.1) is 11.3 Å². The number of amides is 4. The predicted octanol–water partition coefficient (Wildman–Crippen LogP) is 5.42. The van der Waals surface area contributed by atoms with E-state index in [1.54, 1.807) is 60.6 Å². The molecule has 1 aliphatic heterocycles. The van der Waals surface area contributed by atoms with Gasteiger partial charge >= 0.3 is 0 Å². The second kappa shape index (κ2) is 15.5. The van der Waals surface area contributed by atoms with Gasteiger partial charge < -0.3 is 20.4 Å². The van der Waals surface area contributed by atoms with Crippen molar-refractivity contribution in [2.24, 2.45) is 5.92 Å². The molecule has 4 rings (SSSR count). The van der Waals surface area contributed by atoms with Gasteiger partial charge in [-0.05, 0) is 60.1 Å². The summed E-state index contributed by atoms with van der Waals surface area (Å²) in [4.78, 5) is 62.4. The van der Waals surface area contributed by atoms with Crippen molar-refractivity contribution in [2.45, 2.75) is 51.7 Å². The molecule has 0 fully saturated rings. The Labute approximate surface area is 271 Å². The quantitative estimate of drug-likeness (QED) is 0.352. The minimum Gasteiger partial charge on any atom is -0.345 e. The number of hydrogen-bond donors (Lipinski definition) is 2. The number of hydrogen-bond acceptors (Lipinski definition) is 7. The first-order valence-electron chi connectivity index (χ1n) is 14.5. The number of thioether (sulfide) groups is 1. The van der Waals surface area contributed by atoms with Gasteiger partial charge in [-0.25, -0.2) is 4.98 Å². The van der Waals surface area contributed by atoms with Gasteiger partial charge in [0.1, 0.15) is 16.7 Å². The third-order valence-electron chi connectivity index (χ3n) is 7.38. The molecule has 2 bridgehead atoms. The molecule has 0 spiro atoms. The lowest BCUT2D eigenvalue weighted by Crippen LogP contribution is -2.52. The molecule has 2 heterocycles. The normalized spacial score (nSPS) is 18.6. The van der Waals surface area contributed by atoms with Crippen molar-refractivity contribution in [3.8, 4) is 0 Å². The molecule has 0 unspecified atom stereocenters. The molecule has 44 heavy (non-hydrogen) atoms. The Morgan fingerprint density at radius 3 is 2.52 bits per heavy atom. The molecule has 234 valence electrons. The fraction of sp³-hybridized carbons (Fsp3) is 0.406. The van der Waals surface area contributed by atoms with Crippen LogP contribution in [0.15, 0.2) is 53.9 Å². The second-order valence-corrected chi connectivity index (χ2v) is 13.5. The van der Waals surface area contributed by atoms with Crippen LogP contribution in [0.25, 0.3) is 0 Å². The van der Waals surface area contributed by atoms with Crippen LogP contribution in [0.4, 0.5) is 5.69 Å². The summed E-state index contributed by atoms with van der Waals surface area (Å²) < 4.78 is 0. The predicted molar refractivity (Wildman–Crippen MR) is 177 cm³/mol. The standard InChI is InChI=1S/C32H38ClN5O4S2/c1-20(2)15-27-32(42)38(17-21-9-11-23(33)12-10-21)18-28(39)34-25(13-14-43-4)31-36-26(19-44-31)30(41)35-24-8-6-5-7-22(24)16-29(40)37(27)3/h5-12,19-20,25,27H,13-18H2,1-4H3,(H,34,39)(H,35,41)/t25-,27+/m1/s1. The second-order valence-electron chi connectivity index (χ2n) is 11.2. The van der Waals surface area contributed by atoms with Crippen LogP contribution in [-0.2, 0) is 27.3 Å². The Morgan fingerprint density at radius 2 is 1.82 bits per heavy atom. The van der Waals surface area contributed by atoms with E-state index in [0.717, 1.165) is 11.3 Å². The first kappa shape index (κ1) is 33.5.